The van der Waals surface area contributed by atoms with Crippen molar-refractivity contribution in [2.75, 3.05) is 0 Å². The van der Waals surface area contributed by atoms with Crippen molar-refractivity contribution < 1.29 is 19.5 Å². The van der Waals surface area contributed by atoms with Crippen molar-refractivity contribution in [1.29, 1.82) is 0 Å². The number of fused-ring (bicyclic) bond motifs is 5. The van der Waals surface area contributed by atoms with Crippen molar-refractivity contribution in [3.63, 3.8) is 0 Å². The summed E-state index contributed by atoms with van der Waals surface area (Å²) in [6.07, 6.45) is 9.16. The van der Waals surface area contributed by atoms with Crippen LogP contribution < -0.4 is 0 Å². The summed E-state index contributed by atoms with van der Waals surface area (Å²) < 4.78 is 0. The maximum absolute atomic E-state index is 13.6. The molecule has 3 fully saturated rings. The van der Waals surface area contributed by atoms with Gasteiger partial charge >= 0.3 is 5.97 Å². The van der Waals surface area contributed by atoms with Crippen LogP contribution in [-0.4, -0.2) is 22.6 Å². The molecule has 0 amide bonds. The van der Waals surface area contributed by atoms with Crippen molar-refractivity contribution in [3.05, 3.63) is 11.6 Å². The van der Waals surface area contributed by atoms with Gasteiger partial charge in [0.15, 0.2) is 5.78 Å². The maximum atomic E-state index is 13.6. The van der Waals surface area contributed by atoms with Crippen LogP contribution in [0.25, 0.3) is 0 Å². The van der Waals surface area contributed by atoms with Gasteiger partial charge in [-0.2, -0.15) is 0 Å². The molecule has 0 unspecified atom stereocenters. The summed E-state index contributed by atoms with van der Waals surface area (Å²) in [7, 11) is 0. The number of carboxylic acids is 1. The SMILES string of the molecule is C[C@H](CCC(=O)O)[C@@H]1CC[C@@H]2[C@H]3CCC4=CC(=O)CC[C@]4(C)[C@@H]3CC(=O)[C@@]21C. The third-order valence-corrected chi connectivity index (χ3v) is 9.39. The summed E-state index contributed by atoms with van der Waals surface area (Å²) in [6, 6.07) is 0. The van der Waals surface area contributed by atoms with E-state index < -0.39 is 5.97 Å². The number of hydrogen-bond donors (Lipinski definition) is 1. The standard InChI is InChI=1S/C24H34O4/c1-14(4-9-22(27)28)18-7-8-19-17-6-5-15-12-16(25)10-11-23(15,2)20(17)13-21(26)24(18,19)3/h12,14,17-20H,4-11,13H2,1-3H3,(H,27,28)/t14-,17-,18+,19-,20-,23+,24-/m1/s1. The van der Waals surface area contributed by atoms with Gasteiger partial charge in [-0.3, -0.25) is 14.4 Å². The Labute approximate surface area is 168 Å². The molecule has 4 nitrogen and oxygen atoms in total. The average Bonchev–Trinajstić information content (AvgIpc) is 3.00. The summed E-state index contributed by atoms with van der Waals surface area (Å²) in [4.78, 5) is 36.6. The fourth-order valence-electron chi connectivity index (χ4n) is 7.76. The van der Waals surface area contributed by atoms with Crippen LogP contribution in [0.5, 0.6) is 0 Å². The highest BCUT2D eigenvalue weighted by Gasteiger charge is 2.63. The molecule has 1 N–H and O–H groups in total. The highest BCUT2D eigenvalue weighted by Crippen LogP contribution is 2.66. The van der Waals surface area contributed by atoms with E-state index in [1.54, 1.807) is 0 Å². The van der Waals surface area contributed by atoms with Crippen LogP contribution in [0.1, 0.15) is 78.6 Å². The molecule has 4 aliphatic carbocycles. The Morgan fingerprint density at radius 3 is 2.64 bits per heavy atom. The zero-order chi connectivity index (χ0) is 20.3. The van der Waals surface area contributed by atoms with Gasteiger partial charge in [0, 0.05) is 24.7 Å². The first-order valence-corrected chi connectivity index (χ1v) is 11.2. The predicted molar refractivity (Wildman–Crippen MR) is 107 cm³/mol. The normalized spacial score (nSPS) is 43.6. The summed E-state index contributed by atoms with van der Waals surface area (Å²) in [6.45, 7) is 6.65. The summed E-state index contributed by atoms with van der Waals surface area (Å²) >= 11 is 0. The van der Waals surface area contributed by atoms with Gasteiger partial charge in [0.05, 0.1) is 0 Å². The monoisotopic (exact) mass is 386 g/mol. The second-order valence-corrected chi connectivity index (χ2v) is 10.5. The van der Waals surface area contributed by atoms with Crippen LogP contribution in [0.15, 0.2) is 11.6 Å². The van der Waals surface area contributed by atoms with Crippen molar-refractivity contribution in [1.82, 2.24) is 0 Å². The lowest BCUT2D eigenvalue weighted by Crippen LogP contribution is -2.55. The zero-order valence-corrected chi connectivity index (χ0v) is 17.5. The van der Waals surface area contributed by atoms with E-state index in [4.69, 9.17) is 5.11 Å². The first-order chi connectivity index (χ1) is 13.2. The van der Waals surface area contributed by atoms with Crippen LogP contribution in [0.3, 0.4) is 0 Å². The first-order valence-electron chi connectivity index (χ1n) is 11.2. The number of aliphatic carboxylic acids is 1. The number of rotatable bonds is 4. The molecule has 0 radical (unpaired) electrons. The van der Waals surface area contributed by atoms with Crippen molar-refractivity contribution in [2.24, 2.45) is 40.4 Å². The third-order valence-electron chi connectivity index (χ3n) is 9.39. The molecule has 4 rings (SSSR count). The smallest absolute Gasteiger partial charge is 0.303 e. The van der Waals surface area contributed by atoms with Crippen molar-refractivity contribution in [3.8, 4) is 0 Å². The number of carbonyl (C=O) groups excluding carboxylic acids is 2. The van der Waals surface area contributed by atoms with Gasteiger partial charge in [0.1, 0.15) is 5.78 Å². The molecule has 0 heterocycles. The van der Waals surface area contributed by atoms with Gasteiger partial charge in [-0.15, -0.1) is 0 Å². The molecule has 0 saturated heterocycles. The molecule has 4 aliphatic rings. The molecule has 7 atom stereocenters. The summed E-state index contributed by atoms with van der Waals surface area (Å²) in [5.74, 6) is 1.86. The molecule has 0 spiro atoms. The number of carboxylic acid groups (broad SMARTS) is 1. The molecule has 4 heteroatoms. The van der Waals surface area contributed by atoms with Gasteiger partial charge in [0.25, 0.3) is 0 Å². The minimum absolute atomic E-state index is 0.0147. The van der Waals surface area contributed by atoms with E-state index in [1.165, 1.54) is 5.57 Å². The lowest BCUT2D eigenvalue weighted by Gasteiger charge is -2.57. The van der Waals surface area contributed by atoms with Gasteiger partial charge in [-0.1, -0.05) is 26.3 Å². The third kappa shape index (κ3) is 2.81. The Kier molecular flexibility index (Phi) is 4.83. The van der Waals surface area contributed by atoms with Crippen LogP contribution in [-0.2, 0) is 14.4 Å². The molecular weight excluding hydrogens is 352 g/mol. The highest BCUT2D eigenvalue weighted by atomic mass is 16.4. The minimum Gasteiger partial charge on any atom is -0.481 e. The first kappa shape index (κ1) is 19.8. The number of allylic oxidation sites excluding steroid dienone is 1. The number of ketones is 2. The summed E-state index contributed by atoms with van der Waals surface area (Å²) in [5.41, 5.74) is 1.02. The van der Waals surface area contributed by atoms with E-state index in [2.05, 4.69) is 20.8 Å². The van der Waals surface area contributed by atoms with E-state index in [9.17, 15) is 14.4 Å². The Morgan fingerprint density at radius 2 is 1.93 bits per heavy atom. The van der Waals surface area contributed by atoms with Gasteiger partial charge in [0.2, 0.25) is 0 Å². The molecule has 0 aromatic rings. The lowest BCUT2D eigenvalue weighted by atomic mass is 9.46. The van der Waals surface area contributed by atoms with E-state index in [-0.39, 0.29) is 29.0 Å². The Morgan fingerprint density at radius 1 is 1.18 bits per heavy atom. The lowest BCUT2D eigenvalue weighted by molar-refractivity contribution is -0.148. The summed E-state index contributed by atoms with van der Waals surface area (Å²) in [5, 5.41) is 9.07. The Balaban J connectivity index is 1.61. The molecule has 0 aromatic heterocycles. The quantitative estimate of drug-likeness (QED) is 0.752. The Hall–Kier alpha value is -1.45. The Bertz CT molecular complexity index is 737. The minimum atomic E-state index is -0.743. The second kappa shape index (κ2) is 6.81. The predicted octanol–water partition coefficient (Wildman–Crippen LogP) is 4.81. The molecular formula is C24H34O4. The maximum Gasteiger partial charge on any atom is 0.303 e. The van der Waals surface area contributed by atoms with Crippen LogP contribution in [0.2, 0.25) is 0 Å². The molecule has 0 bridgehead atoms. The molecule has 3 saturated carbocycles. The van der Waals surface area contributed by atoms with Gasteiger partial charge in [-0.05, 0) is 79.6 Å². The van der Waals surface area contributed by atoms with Crippen LogP contribution >= 0.6 is 0 Å². The van der Waals surface area contributed by atoms with E-state index in [1.807, 2.05) is 6.08 Å². The fraction of sp³-hybridized carbons (Fsp3) is 0.792. The molecule has 28 heavy (non-hydrogen) atoms. The molecule has 0 aromatic carbocycles. The number of carbonyl (C=O) groups is 3. The average molecular weight is 387 g/mol. The van der Waals surface area contributed by atoms with Crippen molar-refractivity contribution >= 4 is 17.5 Å². The zero-order valence-electron chi connectivity index (χ0n) is 17.5. The highest BCUT2D eigenvalue weighted by molar-refractivity contribution is 5.92. The van der Waals surface area contributed by atoms with Crippen molar-refractivity contribution in [2.45, 2.75) is 78.6 Å². The second-order valence-electron chi connectivity index (χ2n) is 10.5. The largest absolute Gasteiger partial charge is 0.481 e. The van der Waals surface area contributed by atoms with Gasteiger partial charge in [-0.25, -0.2) is 0 Å². The number of Topliss-reactive ketones (excluding diaryl/α,β-unsaturated/α-hetero) is 1. The van der Waals surface area contributed by atoms with E-state index in [0.29, 0.717) is 48.7 Å². The van der Waals surface area contributed by atoms with E-state index in [0.717, 1.165) is 32.1 Å². The fourth-order valence-corrected chi connectivity index (χ4v) is 7.76. The van der Waals surface area contributed by atoms with Crippen LogP contribution in [0, 0.1) is 40.4 Å². The number of hydrogen-bond acceptors (Lipinski definition) is 3. The van der Waals surface area contributed by atoms with Gasteiger partial charge < -0.3 is 5.11 Å². The van der Waals surface area contributed by atoms with E-state index >= 15 is 0 Å². The topological polar surface area (TPSA) is 71.4 Å². The van der Waals surface area contributed by atoms with Crippen LogP contribution in [0.4, 0.5) is 0 Å². The molecule has 0 aliphatic heterocycles. The molecule has 154 valence electrons.